The van der Waals surface area contributed by atoms with Gasteiger partial charge >= 0.3 is 0 Å². The zero-order valence-corrected chi connectivity index (χ0v) is 16.9. The van der Waals surface area contributed by atoms with Crippen molar-refractivity contribution in [3.63, 3.8) is 0 Å². The molecule has 1 aliphatic rings. The van der Waals surface area contributed by atoms with E-state index >= 15 is 0 Å². The Morgan fingerprint density at radius 3 is 2.61 bits per heavy atom. The molecule has 1 aliphatic heterocycles. The quantitative estimate of drug-likeness (QED) is 0.334. The Morgan fingerprint density at radius 1 is 1.18 bits per heavy atom. The highest BCUT2D eigenvalue weighted by Crippen LogP contribution is 2.30. The molecule has 0 saturated heterocycles. The van der Waals surface area contributed by atoms with Gasteiger partial charge in [-0.3, -0.25) is 14.2 Å². The molecule has 0 atom stereocenters. The summed E-state index contributed by atoms with van der Waals surface area (Å²) in [7, 11) is 0. The number of aromatic nitrogens is 2. The Balaban J connectivity index is 1.68. The van der Waals surface area contributed by atoms with Crippen LogP contribution in [0, 0.1) is 5.82 Å². The lowest BCUT2D eigenvalue weighted by Gasteiger charge is -2.13. The molecule has 4 nitrogen and oxygen atoms in total. The Labute approximate surface area is 174 Å². The monoisotopic (exact) mass is 432 g/mol. The maximum absolute atomic E-state index is 13.3. The van der Waals surface area contributed by atoms with Gasteiger partial charge in [-0.2, -0.15) is 0 Å². The fourth-order valence-corrected chi connectivity index (χ4v) is 4.93. The van der Waals surface area contributed by atoms with Crippen LogP contribution in [0.2, 0.25) is 5.02 Å². The summed E-state index contributed by atoms with van der Waals surface area (Å²) in [6, 6.07) is 12.4. The fourth-order valence-electron chi connectivity index (χ4n) is 2.86. The minimum absolute atomic E-state index is 0.0866. The van der Waals surface area contributed by atoms with Crippen molar-refractivity contribution < 1.29 is 9.18 Å². The number of rotatable bonds is 5. The smallest absolute Gasteiger partial charge is 0.272 e. The normalized spacial score (nSPS) is 12.8. The van der Waals surface area contributed by atoms with Gasteiger partial charge in [0.25, 0.3) is 5.56 Å². The molecule has 0 unspecified atom stereocenters. The number of ketones is 1. The molecule has 0 aliphatic carbocycles. The number of hydrogen-bond acceptors (Lipinski definition) is 5. The first kappa shape index (κ1) is 19.2. The van der Waals surface area contributed by atoms with E-state index in [1.807, 2.05) is 0 Å². The van der Waals surface area contributed by atoms with E-state index in [1.165, 1.54) is 52.4 Å². The van der Waals surface area contributed by atoms with E-state index in [-0.39, 0.29) is 22.9 Å². The minimum Gasteiger partial charge on any atom is -0.293 e. The average Bonchev–Trinajstić information content (AvgIpc) is 3.17. The first-order valence-electron chi connectivity index (χ1n) is 8.49. The molecule has 0 amide bonds. The Bertz CT molecular complexity index is 1100. The number of nitrogens with zero attached hydrogens (tertiary/aromatic N) is 2. The second-order valence-corrected chi connectivity index (χ2v) is 8.59. The summed E-state index contributed by atoms with van der Waals surface area (Å²) in [4.78, 5) is 30.8. The largest absolute Gasteiger partial charge is 0.293 e. The summed E-state index contributed by atoms with van der Waals surface area (Å²) in [5.41, 5.74) is 1.65. The number of Topliss-reactive ketones (excluding diaryl/α,β-unsaturated/α-hetero) is 1. The first-order chi connectivity index (χ1) is 13.5. The molecule has 4 rings (SSSR count). The molecule has 1 aromatic heterocycles. The zero-order valence-electron chi connectivity index (χ0n) is 14.5. The molecule has 0 saturated carbocycles. The van der Waals surface area contributed by atoms with Crippen LogP contribution in [0.25, 0.3) is 5.69 Å². The molecule has 2 heterocycles. The topological polar surface area (TPSA) is 52.0 Å². The van der Waals surface area contributed by atoms with Crippen molar-refractivity contribution in [3.05, 3.63) is 81.0 Å². The zero-order chi connectivity index (χ0) is 19.7. The third-order valence-corrected chi connectivity index (χ3v) is 6.55. The number of benzene rings is 2. The van der Waals surface area contributed by atoms with Gasteiger partial charge in [-0.15, -0.1) is 11.8 Å². The highest BCUT2D eigenvalue weighted by atomic mass is 35.5. The van der Waals surface area contributed by atoms with Crippen molar-refractivity contribution in [3.8, 4) is 5.69 Å². The van der Waals surface area contributed by atoms with Crippen molar-refractivity contribution >= 4 is 40.9 Å². The second kappa shape index (κ2) is 8.11. The van der Waals surface area contributed by atoms with Crippen molar-refractivity contribution in [1.29, 1.82) is 0 Å². The van der Waals surface area contributed by atoms with E-state index in [0.717, 1.165) is 17.9 Å². The molecule has 0 bridgehead atoms. The van der Waals surface area contributed by atoms with Gasteiger partial charge in [0, 0.05) is 22.8 Å². The van der Waals surface area contributed by atoms with Gasteiger partial charge < -0.3 is 0 Å². The summed E-state index contributed by atoms with van der Waals surface area (Å²) < 4.78 is 14.8. The predicted molar refractivity (Wildman–Crippen MR) is 111 cm³/mol. The molecular formula is C20H14ClFN2O2S2. The Hall–Kier alpha value is -2.09. The van der Waals surface area contributed by atoms with Gasteiger partial charge in [-0.05, 0) is 48.5 Å². The van der Waals surface area contributed by atoms with Crippen LogP contribution in [0.3, 0.4) is 0 Å². The van der Waals surface area contributed by atoms with Gasteiger partial charge in [0.15, 0.2) is 10.9 Å². The third kappa shape index (κ3) is 3.87. The summed E-state index contributed by atoms with van der Waals surface area (Å²) in [5.74, 6) is 0.462. The van der Waals surface area contributed by atoms with Crippen LogP contribution in [0.5, 0.6) is 0 Å². The maximum atomic E-state index is 13.3. The van der Waals surface area contributed by atoms with Crippen LogP contribution in [-0.2, 0) is 6.42 Å². The van der Waals surface area contributed by atoms with E-state index in [0.29, 0.717) is 26.3 Å². The number of halogens is 2. The molecule has 2 aromatic carbocycles. The summed E-state index contributed by atoms with van der Waals surface area (Å²) >= 11 is 8.55. The summed E-state index contributed by atoms with van der Waals surface area (Å²) in [6.45, 7) is 0. The van der Waals surface area contributed by atoms with Crippen LogP contribution in [0.1, 0.15) is 16.1 Å². The van der Waals surface area contributed by atoms with Crippen LogP contribution in [0.4, 0.5) is 4.39 Å². The number of hydrogen-bond donors (Lipinski definition) is 0. The van der Waals surface area contributed by atoms with Crippen LogP contribution >= 0.6 is 35.1 Å². The molecule has 28 heavy (non-hydrogen) atoms. The van der Waals surface area contributed by atoms with Crippen molar-refractivity contribution in [1.82, 2.24) is 9.55 Å². The molecule has 0 N–H and O–H groups in total. The van der Waals surface area contributed by atoms with Crippen molar-refractivity contribution in [2.24, 2.45) is 0 Å². The Kier molecular flexibility index (Phi) is 5.57. The van der Waals surface area contributed by atoms with Gasteiger partial charge in [0.1, 0.15) is 5.82 Å². The number of carbonyl (C=O) groups excluding carboxylic acids is 1. The molecule has 3 aromatic rings. The lowest BCUT2D eigenvalue weighted by Crippen LogP contribution is -2.24. The van der Waals surface area contributed by atoms with E-state index in [9.17, 15) is 14.0 Å². The molecular weight excluding hydrogens is 419 g/mol. The lowest BCUT2D eigenvalue weighted by atomic mass is 10.1. The number of thioether (sulfide) groups is 2. The molecule has 8 heteroatoms. The lowest BCUT2D eigenvalue weighted by molar-refractivity contribution is 0.102. The SMILES string of the molecule is O=C(CSc1nc2c(c(=O)n1-c1ccc(F)cc1)SCC2)c1ccc(Cl)cc1. The van der Waals surface area contributed by atoms with E-state index in [4.69, 9.17) is 11.6 Å². The second-order valence-electron chi connectivity index (χ2n) is 6.10. The van der Waals surface area contributed by atoms with Crippen molar-refractivity contribution in [2.75, 3.05) is 11.5 Å². The van der Waals surface area contributed by atoms with Gasteiger partial charge in [-0.25, -0.2) is 9.37 Å². The Morgan fingerprint density at radius 2 is 1.89 bits per heavy atom. The maximum Gasteiger partial charge on any atom is 0.272 e. The molecule has 0 fully saturated rings. The van der Waals surface area contributed by atoms with Crippen LogP contribution < -0.4 is 5.56 Å². The standard InChI is InChI=1S/C20H14ClFN2O2S2/c21-13-3-1-12(2-4-13)17(25)11-28-20-23-16-9-10-27-18(16)19(26)24(20)15-7-5-14(22)6-8-15/h1-8H,9-11H2. The van der Waals surface area contributed by atoms with Crippen molar-refractivity contribution in [2.45, 2.75) is 16.5 Å². The highest BCUT2D eigenvalue weighted by Gasteiger charge is 2.23. The molecule has 0 spiro atoms. The molecule has 0 radical (unpaired) electrons. The summed E-state index contributed by atoms with van der Waals surface area (Å²) in [6.07, 6.45) is 0.720. The predicted octanol–water partition coefficient (Wildman–Crippen LogP) is 4.65. The van der Waals surface area contributed by atoms with Crippen LogP contribution in [0.15, 0.2) is 63.4 Å². The average molecular weight is 433 g/mol. The van der Waals surface area contributed by atoms with Gasteiger partial charge in [0.2, 0.25) is 0 Å². The highest BCUT2D eigenvalue weighted by molar-refractivity contribution is 8.00. The minimum atomic E-state index is -0.382. The number of fused-ring (bicyclic) bond motifs is 1. The van der Waals surface area contributed by atoms with E-state index in [1.54, 1.807) is 24.3 Å². The van der Waals surface area contributed by atoms with Gasteiger partial charge in [0.05, 0.1) is 22.0 Å². The third-order valence-electron chi connectivity index (χ3n) is 4.25. The summed E-state index contributed by atoms with van der Waals surface area (Å²) in [5, 5.41) is 0.993. The number of aryl methyl sites for hydroxylation is 1. The van der Waals surface area contributed by atoms with E-state index in [2.05, 4.69) is 4.98 Å². The molecule has 142 valence electrons. The number of carbonyl (C=O) groups is 1. The first-order valence-corrected chi connectivity index (χ1v) is 10.8. The van der Waals surface area contributed by atoms with Gasteiger partial charge in [-0.1, -0.05) is 23.4 Å². The fraction of sp³-hybridized carbons (Fsp3) is 0.150. The van der Waals surface area contributed by atoms with E-state index < -0.39 is 0 Å². The van der Waals surface area contributed by atoms with Crippen LogP contribution in [-0.4, -0.2) is 26.8 Å².